The Labute approximate surface area is 148 Å². The van der Waals surface area contributed by atoms with Crippen LogP contribution in [0.15, 0.2) is 54.6 Å². The van der Waals surface area contributed by atoms with E-state index in [0.717, 1.165) is 32.1 Å². The Kier molecular flexibility index (Phi) is 7.50. The van der Waals surface area contributed by atoms with Gasteiger partial charge in [0.2, 0.25) is 5.91 Å². The van der Waals surface area contributed by atoms with Gasteiger partial charge in [-0.3, -0.25) is 20.4 Å². The summed E-state index contributed by atoms with van der Waals surface area (Å²) in [6.45, 7) is 0. The Morgan fingerprint density at radius 2 is 1.48 bits per heavy atom. The quantitative estimate of drug-likeness (QED) is 0.509. The topological polar surface area (TPSA) is 78.4 Å². The molecule has 0 aliphatic heterocycles. The summed E-state index contributed by atoms with van der Waals surface area (Å²) in [6, 6.07) is 16.2. The SMILES string of the molecule is O=C(CCCCCCc1ccccc1)NNC(=O)c1ccc(O)cc1. The van der Waals surface area contributed by atoms with E-state index in [4.69, 9.17) is 0 Å². The second kappa shape index (κ2) is 10.1. The molecule has 132 valence electrons. The van der Waals surface area contributed by atoms with E-state index in [2.05, 4.69) is 23.0 Å². The molecule has 0 aliphatic carbocycles. The Morgan fingerprint density at radius 1 is 0.800 bits per heavy atom. The van der Waals surface area contributed by atoms with Crippen LogP contribution in [0.3, 0.4) is 0 Å². The first-order valence-corrected chi connectivity index (χ1v) is 8.57. The lowest BCUT2D eigenvalue weighted by Crippen LogP contribution is -2.41. The fraction of sp³-hybridized carbons (Fsp3) is 0.300. The number of aryl methyl sites for hydroxylation is 1. The van der Waals surface area contributed by atoms with Crippen LogP contribution in [0.1, 0.15) is 48.0 Å². The Hall–Kier alpha value is -2.82. The van der Waals surface area contributed by atoms with E-state index in [0.29, 0.717) is 12.0 Å². The second-order valence-corrected chi connectivity index (χ2v) is 5.95. The molecule has 0 unspecified atom stereocenters. The number of aromatic hydroxyl groups is 1. The van der Waals surface area contributed by atoms with Crippen molar-refractivity contribution in [2.24, 2.45) is 0 Å². The first kappa shape index (κ1) is 18.5. The number of amides is 2. The Bertz CT molecular complexity index is 669. The lowest BCUT2D eigenvalue weighted by molar-refractivity contribution is -0.122. The highest BCUT2D eigenvalue weighted by Gasteiger charge is 2.07. The zero-order valence-electron chi connectivity index (χ0n) is 14.2. The van der Waals surface area contributed by atoms with Gasteiger partial charge in [-0.2, -0.15) is 0 Å². The highest BCUT2D eigenvalue weighted by molar-refractivity contribution is 5.95. The summed E-state index contributed by atoms with van der Waals surface area (Å²) in [5, 5.41) is 9.18. The van der Waals surface area contributed by atoms with Gasteiger partial charge in [-0.05, 0) is 49.1 Å². The lowest BCUT2D eigenvalue weighted by Gasteiger charge is -2.07. The lowest BCUT2D eigenvalue weighted by atomic mass is 10.1. The average molecular weight is 340 g/mol. The first-order chi connectivity index (χ1) is 12.1. The van der Waals surface area contributed by atoms with Crippen LogP contribution in [0.5, 0.6) is 5.75 Å². The molecule has 2 amide bonds. The van der Waals surface area contributed by atoms with Crippen LogP contribution >= 0.6 is 0 Å². The zero-order chi connectivity index (χ0) is 17.9. The van der Waals surface area contributed by atoms with Gasteiger partial charge in [0, 0.05) is 12.0 Å². The number of nitrogens with one attached hydrogen (secondary N) is 2. The number of rotatable bonds is 8. The third-order valence-corrected chi connectivity index (χ3v) is 3.91. The van der Waals surface area contributed by atoms with E-state index in [1.165, 1.54) is 29.8 Å². The second-order valence-electron chi connectivity index (χ2n) is 5.95. The maximum absolute atomic E-state index is 11.8. The monoisotopic (exact) mass is 340 g/mol. The van der Waals surface area contributed by atoms with Gasteiger partial charge in [-0.25, -0.2) is 0 Å². The predicted octanol–water partition coefficient (Wildman–Crippen LogP) is 3.35. The predicted molar refractivity (Wildman–Crippen MR) is 96.9 cm³/mol. The van der Waals surface area contributed by atoms with Crippen molar-refractivity contribution in [1.82, 2.24) is 10.9 Å². The number of unbranched alkanes of at least 4 members (excludes halogenated alkanes) is 3. The number of carbonyl (C=O) groups excluding carboxylic acids is 2. The van der Waals surface area contributed by atoms with Crippen LogP contribution in [0.2, 0.25) is 0 Å². The fourth-order valence-corrected chi connectivity index (χ4v) is 2.49. The van der Waals surface area contributed by atoms with Gasteiger partial charge in [-0.15, -0.1) is 0 Å². The highest BCUT2D eigenvalue weighted by atomic mass is 16.3. The van der Waals surface area contributed by atoms with E-state index in [1.807, 2.05) is 18.2 Å². The maximum Gasteiger partial charge on any atom is 0.269 e. The molecule has 5 nitrogen and oxygen atoms in total. The van der Waals surface area contributed by atoms with Gasteiger partial charge in [0.05, 0.1) is 0 Å². The van der Waals surface area contributed by atoms with Gasteiger partial charge >= 0.3 is 0 Å². The minimum atomic E-state index is -0.406. The van der Waals surface area contributed by atoms with Crippen LogP contribution in [0.25, 0.3) is 0 Å². The Balaban J connectivity index is 1.53. The molecule has 2 rings (SSSR count). The van der Waals surface area contributed by atoms with Crippen LogP contribution in [0.4, 0.5) is 0 Å². The molecule has 0 atom stereocenters. The fourth-order valence-electron chi connectivity index (χ4n) is 2.49. The molecule has 0 fully saturated rings. The van der Waals surface area contributed by atoms with Crippen molar-refractivity contribution in [3.8, 4) is 5.75 Å². The number of phenolic OH excluding ortho intramolecular Hbond substituents is 1. The molecule has 0 saturated heterocycles. The van der Waals surface area contributed by atoms with Crippen LogP contribution in [0, 0.1) is 0 Å². The number of hydrogen-bond donors (Lipinski definition) is 3. The van der Waals surface area contributed by atoms with Gasteiger partial charge in [0.15, 0.2) is 0 Å². The number of phenols is 1. The summed E-state index contributed by atoms with van der Waals surface area (Å²) in [6.07, 6.45) is 5.45. The van der Waals surface area contributed by atoms with Crippen molar-refractivity contribution in [3.63, 3.8) is 0 Å². The normalized spacial score (nSPS) is 10.2. The summed E-state index contributed by atoms with van der Waals surface area (Å²) in [5.41, 5.74) is 6.50. The van der Waals surface area contributed by atoms with Crippen LogP contribution in [-0.2, 0) is 11.2 Å². The molecular weight excluding hydrogens is 316 g/mol. The van der Waals surface area contributed by atoms with Crippen LogP contribution in [-0.4, -0.2) is 16.9 Å². The van der Waals surface area contributed by atoms with E-state index in [9.17, 15) is 14.7 Å². The van der Waals surface area contributed by atoms with Crippen LogP contribution < -0.4 is 10.9 Å². The first-order valence-electron chi connectivity index (χ1n) is 8.57. The number of hydrogen-bond acceptors (Lipinski definition) is 3. The number of hydrazine groups is 1. The standard InChI is InChI=1S/C20H24N2O3/c23-18-14-12-17(13-15-18)20(25)22-21-19(24)11-7-2-1-4-8-16-9-5-3-6-10-16/h3,5-6,9-10,12-15,23H,1-2,4,7-8,11H2,(H,21,24)(H,22,25). The smallest absolute Gasteiger partial charge is 0.269 e. The molecule has 0 radical (unpaired) electrons. The molecule has 0 aliphatic rings. The van der Waals surface area contributed by atoms with Crippen molar-refractivity contribution < 1.29 is 14.7 Å². The van der Waals surface area contributed by atoms with Gasteiger partial charge in [0.1, 0.15) is 5.75 Å². The highest BCUT2D eigenvalue weighted by Crippen LogP contribution is 2.10. The summed E-state index contributed by atoms with van der Waals surface area (Å²) in [5.74, 6) is -0.515. The van der Waals surface area contributed by atoms with Crippen molar-refractivity contribution in [2.75, 3.05) is 0 Å². The molecule has 0 heterocycles. The summed E-state index contributed by atoms with van der Waals surface area (Å²) < 4.78 is 0. The molecule has 0 aromatic heterocycles. The van der Waals surface area contributed by atoms with E-state index in [-0.39, 0.29) is 11.7 Å². The molecule has 5 heteroatoms. The molecule has 0 saturated carbocycles. The third-order valence-electron chi connectivity index (χ3n) is 3.91. The van der Waals surface area contributed by atoms with Gasteiger partial charge < -0.3 is 5.11 Å². The third kappa shape index (κ3) is 7.08. The molecule has 2 aromatic rings. The average Bonchev–Trinajstić information content (AvgIpc) is 2.64. The maximum atomic E-state index is 11.8. The molecule has 2 aromatic carbocycles. The molecule has 25 heavy (non-hydrogen) atoms. The Morgan fingerprint density at radius 3 is 2.20 bits per heavy atom. The number of benzene rings is 2. The largest absolute Gasteiger partial charge is 0.508 e. The van der Waals surface area contributed by atoms with Crippen molar-refractivity contribution in [3.05, 3.63) is 65.7 Å². The van der Waals surface area contributed by atoms with Crippen molar-refractivity contribution >= 4 is 11.8 Å². The van der Waals surface area contributed by atoms with Gasteiger partial charge in [-0.1, -0.05) is 43.2 Å². The molecule has 0 bridgehead atoms. The number of carbonyl (C=O) groups is 2. The summed E-state index contributed by atoms with van der Waals surface area (Å²) in [4.78, 5) is 23.5. The van der Waals surface area contributed by atoms with Crippen molar-refractivity contribution in [2.45, 2.75) is 38.5 Å². The van der Waals surface area contributed by atoms with E-state index >= 15 is 0 Å². The molecular formula is C20H24N2O3. The summed E-state index contributed by atoms with van der Waals surface area (Å²) >= 11 is 0. The van der Waals surface area contributed by atoms with Gasteiger partial charge in [0.25, 0.3) is 5.91 Å². The van der Waals surface area contributed by atoms with Crippen molar-refractivity contribution in [1.29, 1.82) is 0 Å². The van der Waals surface area contributed by atoms with E-state index < -0.39 is 5.91 Å². The van der Waals surface area contributed by atoms with E-state index in [1.54, 1.807) is 0 Å². The minimum Gasteiger partial charge on any atom is -0.508 e. The molecule has 3 N–H and O–H groups in total. The zero-order valence-corrected chi connectivity index (χ0v) is 14.2. The molecule has 0 spiro atoms. The minimum absolute atomic E-state index is 0.0906. The summed E-state index contributed by atoms with van der Waals surface area (Å²) in [7, 11) is 0.